The van der Waals surface area contributed by atoms with Gasteiger partial charge >= 0.3 is 12.1 Å². The van der Waals surface area contributed by atoms with Gasteiger partial charge in [0.05, 0.1) is 33.5 Å². The van der Waals surface area contributed by atoms with Gasteiger partial charge in [-0.2, -0.15) is 13.2 Å². The summed E-state index contributed by atoms with van der Waals surface area (Å²) >= 11 is 13.6. The van der Waals surface area contributed by atoms with Gasteiger partial charge in [-0.05, 0) is 66.8 Å². The number of Topliss-reactive ketones (excluding diaryl/α,β-unsaturated/α-hetero) is 1. The van der Waals surface area contributed by atoms with Crippen molar-refractivity contribution < 1.29 is 27.9 Å². The molecule has 0 bridgehead atoms. The summed E-state index contributed by atoms with van der Waals surface area (Å²) in [4.78, 5) is 39.6. The normalized spacial score (nSPS) is 18.8. The van der Waals surface area contributed by atoms with Gasteiger partial charge in [-0.1, -0.05) is 46.6 Å². The largest absolute Gasteiger partial charge is 0.481 e. The van der Waals surface area contributed by atoms with Crippen molar-refractivity contribution in [1.29, 1.82) is 0 Å². The number of carboxylic acid groups (broad SMARTS) is 1. The number of nitrogens with zero attached hydrogens (tertiary/aromatic N) is 3. The second kappa shape index (κ2) is 12.1. The standard InChI is InChI=1S/C29H22Cl2F3N3O4S/c30-22-9-1-15(11-23(22)31)14-42-19-6-2-16(3-7-19)26(38)20-8-4-17(25(20)28(40)41)13-37-27(39)21-12-18(29(32,33)34)5-10-24(21)35-36-37/h1-3,5-7,9-12,17,20,25H,4,8,13-14H2,(H,40,41). The fraction of sp³-hybridized carbons (Fsp3) is 0.276. The van der Waals surface area contributed by atoms with Crippen molar-refractivity contribution in [3.8, 4) is 0 Å². The topological polar surface area (TPSA) is 102 Å². The predicted molar refractivity (Wildman–Crippen MR) is 153 cm³/mol. The lowest BCUT2D eigenvalue weighted by Crippen LogP contribution is -2.34. The van der Waals surface area contributed by atoms with Gasteiger partial charge in [-0.15, -0.1) is 16.9 Å². The van der Waals surface area contributed by atoms with Crippen LogP contribution in [0.1, 0.15) is 34.3 Å². The number of carbonyl (C=O) groups excluding carboxylic acids is 1. The van der Waals surface area contributed by atoms with Crippen LogP contribution in [0.5, 0.6) is 0 Å². The molecule has 3 unspecified atom stereocenters. The second-order valence-corrected chi connectivity index (χ2v) is 11.9. The fourth-order valence-corrected chi connectivity index (χ4v) is 6.44. The molecule has 1 fully saturated rings. The first-order valence-corrected chi connectivity index (χ1v) is 14.5. The van der Waals surface area contributed by atoms with Crippen LogP contribution in [-0.2, 0) is 23.3 Å². The maximum atomic E-state index is 13.4. The van der Waals surface area contributed by atoms with Crippen molar-refractivity contribution in [2.75, 3.05) is 0 Å². The molecule has 7 nitrogen and oxygen atoms in total. The summed E-state index contributed by atoms with van der Waals surface area (Å²) in [6.45, 7) is -0.191. The maximum Gasteiger partial charge on any atom is 0.416 e. The molecule has 42 heavy (non-hydrogen) atoms. The Bertz CT molecular complexity index is 1730. The van der Waals surface area contributed by atoms with E-state index in [9.17, 15) is 32.7 Å². The zero-order valence-corrected chi connectivity index (χ0v) is 24.0. The Hall–Kier alpha value is -3.41. The summed E-state index contributed by atoms with van der Waals surface area (Å²) in [6, 6.07) is 14.9. The molecule has 0 radical (unpaired) electrons. The number of ketones is 1. The smallest absolute Gasteiger partial charge is 0.416 e. The fourth-order valence-electron chi connectivity index (χ4n) is 5.27. The summed E-state index contributed by atoms with van der Waals surface area (Å²) in [5.74, 6) is -3.46. The van der Waals surface area contributed by atoms with E-state index in [0.717, 1.165) is 27.3 Å². The minimum Gasteiger partial charge on any atom is -0.481 e. The Kier molecular flexibility index (Phi) is 8.63. The molecule has 1 aliphatic rings. The van der Waals surface area contributed by atoms with Gasteiger partial charge in [0.15, 0.2) is 5.78 Å². The average Bonchev–Trinajstić information content (AvgIpc) is 3.38. The molecule has 13 heteroatoms. The van der Waals surface area contributed by atoms with Gasteiger partial charge in [-0.25, -0.2) is 4.68 Å². The van der Waals surface area contributed by atoms with Crippen LogP contribution in [0.3, 0.4) is 0 Å². The third-order valence-electron chi connectivity index (χ3n) is 7.40. The van der Waals surface area contributed by atoms with Crippen LogP contribution in [0.4, 0.5) is 13.2 Å². The molecule has 0 saturated heterocycles. The first-order valence-electron chi connectivity index (χ1n) is 12.8. The monoisotopic (exact) mass is 635 g/mol. The van der Waals surface area contributed by atoms with E-state index in [4.69, 9.17) is 23.2 Å². The Morgan fingerprint density at radius 2 is 1.74 bits per heavy atom. The zero-order valence-electron chi connectivity index (χ0n) is 21.6. The molecule has 1 aliphatic carbocycles. The summed E-state index contributed by atoms with van der Waals surface area (Å²) < 4.78 is 40.4. The molecule has 1 saturated carbocycles. The number of aliphatic carboxylic acids is 1. The predicted octanol–water partition coefficient (Wildman–Crippen LogP) is 7.02. The molecule has 0 amide bonds. The third-order valence-corrected chi connectivity index (χ3v) is 9.22. The molecular formula is C29H22Cl2F3N3O4S. The molecule has 1 aromatic heterocycles. The molecule has 5 rings (SSSR count). The summed E-state index contributed by atoms with van der Waals surface area (Å²) in [5.41, 5.74) is -0.462. The Morgan fingerprint density at radius 1 is 1.00 bits per heavy atom. The van der Waals surface area contributed by atoms with Crippen LogP contribution in [0.2, 0.25) is 10.0 Å². The molecule has 3 aromatic carbocycles. The Morgan fingerprint density at radius 3 is 2.40 bits per heavy atom. The Labute approximate surface area is 251 Å². The van der Waals surface area contributed by atoms with Crippen molar-refractivity contribution in [3.05, 3.63) is 97.8 Å². The van der Waals surface area contributed by atoms with E-state index in [1.54, 1.807) is 36.4 Å². The van der Waals surface area contributed by atoms with E-state index in [2.05, 4.69) is 10.3 Å². The van der Waals surface area contributed by atoms with E-state index in [1.165, 1.54) is 11.8 Å². The number of thioether (sulfide) groups is 1. The minimum absolute atomic E-state index is 0.00270. The van der Waals surface area contributed by atoms with Crippen LogP contribution in [0.15, 0.2) is 70.4 Å². The number of hydrogen-bond donors (Lipinski definition) is 1. The minimum atomic E-state index is -4.65. The van der Waals surface area contributed by atoms with Crippen LogP contribution >= 0.6 is 35.0 Å². The van der Waals surface area contributed by atoms with Gasteiger partial charge in [0.1, 0.15) is 5.52 Å². The highest BCUT2D eigenvalue weighted by atomic mass is 35.5. The van der Waals surface area contributed by atoms with E-state index in [0.29, 0.717) is 33.8 Å². The van der Waals surface area contributed by atoms with Crippen LogP contribution in [-0.4, -0.2) is 31.9 Å². The van der Waals surface area contributed by atoms with Gasteiger partial charge in [0, 0.05) is 22.1 Å². The lowest BCUT2D eigenvalue weighted by atomic mass is 9.84. The van der Waals surface area contributed by atoms with Gasteiger partial charge < -0.3 is 5.11 Å². The van der Waals surface area contributed by atoms with Gasteiger partial charge in [0.2, 0.25) is 0 Å². The lowest BCUT2D eigenvalue weighted by molar-refractivity contribution is -0.144. The first-order chi connectivity index (χ1) is 19.9. The number of halogens is 5. The van der Waals surface area contributed by atoms with E-state index in [-0.39, 0.29) is 29.7 Å². The number of aromatic nitrogens is 3. The molecule has 4 aromatic rings. The zero-order chi connectivity index (χ0) is 30.2. The molecule has 1 N–H and O–H groups in total. The molecule has 0 aliphatic heterocycles. The van der Waals surface area contributed by atoms with Crippen molar-refractivity contribution in [1.82, 2.24) is 15.0 Å². The van der Waals surface area contributed by atoms with Crippen molar-refractivity contribution in [2.24, 2.45) is 17.8 Å². The second-order valence-electron chi connectivity index (χ2n) is 10.0. The quantitative estimate of drug-likeness (QED) is 0.164. The van der Waals surface area contributed by atoms with Crippen LogP contribution in [0, 0.1) is 17.8 Å². The van der Waals surface area contributed by atoms with Crippen molar-refractivity contribution in [2.45, 2.75) is 36.2 Å². The molecule has 3 atom stereocenters. The Balaban J connectivity index is 1.30. The highest BCUT2D eigenvalue weighted by Crippen LogP contribution is 2.40. The molecule has 0 spiro atoms. The SMILES string of the molecule is O=C(c1ccc(SCc2ccc(Cl)c(Cl)c2)cc1)C1CCC(Cn2nnc3ccc(C(F)(F)F)cc3c2=O)C1C(=O)O. The number of alkyl halides is 3. The number of hydrogen-bond acceptors (Lipinski definition) is 6. The van der Waals surface area contributed by atoms with Gasteiger partial charge in [0.25, 0.3) is 5.56 Å². The lowest BCUT2D eigenvalue weighted by Gasteiger charge is -2.20. The van der Waals surface area contributed by atoms with E-state index in [1.807, 2.05) is 6.07 Å². The summed E-state index contributed by atoms with van der Waals surface area (Å²) in [7, 11) is 0. The number of carbonyl (C=O) groups is 2. The van der Waals surface area contributed by atoms with Crippen molar-refractivity contribution in [3.63, 3.8) is 0 Å². The number of rotatable bonds is 8. The molecular weight excluding hydrogens is 614 g/mol. The van der Waals surface area contributed by atoms with E-state index >= 15 is 0 Å². The van der Waals surface area contributed by atoms with E-state index < -0.39 is 41.0 Å². The highest BCUT2D eigenvalue weighted by Gasteiger charge is 2.45. The summed E-state index contributed by atoms with van der Waals surface area (Å²) in [5, 5.41) is 18.4. The van der Waals surface area contributed by atoms with Crippen molar-refractivity contribution >= 4 is 57.6 Å². The molecule has 1 heterocycles. The average molecular weight is 636 g/mol. The molecule has 218 valence electrons. The summed E-state index contributed by atoms with van der Waals surface area (Å²) in [6.07, 6.45) is -4.05. The van der Waals surface area contributed by atoms with Gasteiger partial charge in [-0.3, -0.25) is 14.4 Å². The maximum absolute atomic E-state index is 13.4. The van der Waals surface area contributed by atoms with Crippen LogP contribution in [0.25, 0.3) is 10.9 Å². The number of fused-ring (bicyclic) bond motifs is 1. The number of carboxylic acids is 1. The highest BCUT2D eigenvalue weighted by molar-refractivity contribution is 7.98. The first kappa shape index (κ1) is 30.1. The third kappa shape index (κ3) is 6.33. The van der Waals surface area contributed by atoms with Crippen LogP contribution < -0.4 is 5.56 Å². The number of benzene rings is 3.